The van der Waals surface area contributed by atoms with Crippen LogP contribution in [0.4, 0.5) is 0 Å². The van der Waals surface area contributed by atoms with Gasteiger partial charge in [0.25, 0.3) is 0 Å². The highest BCUT2D eigenvalue weighted by molar-refractivity contribution is 14.0. The molecule has 6 unspecified atom stereocenters. The number of ether oxygens (including phenoxy) is 1. The molecule has 4 fully saturated rings. The van der Waals surface area contributed by atoms with Crippen LogP contribution in [0.15, 0.2) is 17.1 Å². The Morgan fingerprint density at radius 3 is 2.63 bits per heavy atom. The Bertz CT molecular complexity index is 714. The number of aliphatic imine (C=N–C) groups is 1. The van der Waals surface area contributed by atoms with E-state index in [1.165, 1.54) is 24.3 Å². The van der Waals surface area contributed by atoms with Crippen molar-refractivity contribution in [1.29, 1.82) is 0 Å². The summed E-state index contributed by atoms with van der Waals surface area (Å²) in [6.45, 7) is 4.54. The monoisotopic (exact) mass is 529 g/mol. The minimum absolute atomic E-state index is 0. The molecule has 2 amide bonds. The number of imide groups is 1. The molecule has 0 aromatic rings. The third-order valence-electron chi connectivity index (χ3n) is 7.37. The van der Waals surface area contributed by atoms with Gasteiger partial charge in [-0.05, 0) is 37.6 Å². The van der Waals surface area contributed by atoms with E-state index in [2.05, 4.69) is 32.7 Å². The van der Waals surface area contributed by atoms with E-state index in [1.54, 1.807) is 7.05 Å². The smallest absolute Gasteiger partial charge is 0.233 e. The maximum atomic E-state index is 12.7. The highest BCUT2D eigenvalue weighted by Gasteiger charge is 2.58. The predicted molar refractivity (Wildman–Crippen MR) is 124 cm³/mol. The van der Waals surface area contributed by atoms with E-state index in [4.69, 9.17) is 4.74 Å². The largest absolute Gasteiger partial charge is 0.373 e. The van der Waals surface area contributed by atoms with Crippen molar-refractivity contribution in [3.63, 3.8) is 0 Å². The maximum absolute atomic E-state index is 12.7. The van der Waals surface area contributed by atoms with Crippen LogP contribution in [0.25, 0.3) is 0 Å². The number of morpholine rings is 1. The predicted octanol–water partition coefficient (Wildman–Crippen LogP) is 0.440. The number of guanidine groups is 1. The number of hydrogen-bond donors (Lipinski definition) is 2. The van der Waals surface area contributed by atoms with Gasteiger partial charge in [0.05, 0.1) is 24.5 Å². The molecule has 5 aliphatic rings. The van der Waals surface area contributed by atoms with Gasteiger partial charge in [-0.1, -0.05) is 12.2 Å². The first-order chi connectivity index (χ1) is 14.2. The molecule has 2 N–H and O–H groups in total. The van der Waals surface area contributed by atoms with Gasteiger partial charge >= 0.3 is 0 Å². The van der Waals surface area contributed by atoms with Gasteiger partial charge in [-0.15, -0.1) is 24.0 Å². The molecule has 2 aliphatic carbocycles. The molecule has 5 rings (SSSR count). The SMILES string of the molecule is CN=C(NCCN1C(=O)C2C3C=CC(C3)C2C1=O)NCC1CN2CCCC2CO1.I. The summed E-state index contributed by atoms with van der Waals surface area (Å²) in [5.41, 5.74) is 0. The number of carbonyl (C=O) groups excluding carboxylic acids is 2. The second-order valence-electron chi connectivity index (χ2n) is 8.95. The standard InChI is InChI=1S/C21H31N5O3.HI/c1-22-21(24-10-16-11-25-7-2-3-15(25)12-29-16)23-6-8-26-19(27)17-13-4-5-14(9-13)18(17)20(26)28;/h4-5,13-18H,2-3,6-12H2,1H3,(H2,22,23,24);1H. The van der Waals surface area contributed by atoms with Gasteiger partial charge in [-0.2, -0.15) is 0 Å². The summed E-state index contributed by atoms with van der Waals surface area (Å²) in [5.74, 6) is 0.993. The quantitative estimate of drug-likeness (QED) is 0.177. The Hall–Kier alpha value is -1.20. The van der Waals surface area contributed by atoms with Crippen molar-refractivity contribution in [2.24, 2.45) is 28.7 Å². The lowest BCUT2D eigenvalue weighted by Crippen LogP contribution is -2.52. The van der Waals surface area contributed by atoms with Gasteiger partial charge in [-0.25, -0.2) is 0 Å². The third kappa shape index (κ3) is 3.88. The van der Waals surface area contributed by atoms with Crippen LogP contribution in [0, 0.1) is 23.7 Å². The zero-order valence-corrected chi connectivity index (χ0v) is 19.8. The van der Waals surface area contributed by atoms with Crippen LogP contribution in [0.5, 0.6) is 0 Å². The number of nitrogens with zero attached hydrogens (tertiary/aromatic N) is 3. The fraction of sp³-hybridized carbons (Fsp3) is 0.762. The molecule has 2 bridgehead atoms. The zero-order chi connectivity index (χ0) is 20.0. The molecule has 166 valence electrons. The highest BCUT2D eigenvalue weighted by Crippen LogP contribution is 2.52. The van der Waals surface area contributed by atoms with Gasteiger partial charge in [0, 0.05) is 39.3 Å². The molecule has 0 aromatic carbocycles. The van der Waals surface area contributed by atoms with E-state index in [1.807, 2.05) is 0 Å². The third-order valence-corrected chi connectivity index (χ3v) is 7.37. The van der Waals surface area contributed by atoms with Crippen LogP contribution in [-0.2, 0) is 14.3 Å². The Kier molecular flexibility index (Phi) is 6.69. The summed E-state index contributed by atoms with van der Waals surface area (Å²) in [7, 11) is 1.73. The Balaban J connectivity index is 0.00000218. The van der Waals surface area contributed by atoms with Crippen molar-refractivity contribution in [3.8, 4) is 0 Å². The average Bonchev–Trinajstić information content (AvgIpc) is 3.50. The average molecular weight is 529 g/mol. The lowest BCUT2D eigenvalue weighted by molar-refractivity contribution is -0.140. The van der Waals surface area contributed by atoms with Crippen LogP contribution >= 0.6 is 24.0 Å². The van der Waals surface area contributed by atoms with Crippen molar-refractivity contribution in [2.45, 2.75) is 31.4 Å². The first-order valence-electron chi connectivity index (χ1n) is 11.0. The van der Waals surface area contributed by atoms with Gasteiger partial charge in [-0.3, -0.25) is 24.4 Å². The van der Waals surface area contributed by atoms with Gasteiger partial charge in [0.15, 0.2) is 5.96 Å². The van der Waals surface area contributed by atoms with E-state index in [0.717, 1.165) is 19.6 Å². The minimum atomic E-state index is -0.118. The lowest BCUT2D eigenvalue weighted by atomic mass is 9.85. The molecule has 0 spiro atoms. The number of nitrogens with one attached hydrogen (secondary N) is 2. The zero-order valence-electron chi connectivity index (χ0n) is 17.5. The van der Waals surface area contributed by atoms with E-state index in [9.17, 15) is 9.59 Å². The topological polar surface area (TPSA) is 86.3 Å². The molecule has 30 heavy (non-hydrogen) atoms. The number of fused-ring (bicyclic) bond motifs is 6. The van der Waals surface area contributed by atoms with Crippen LogP contribution in [0.1, 0.15) is 19.3 Å². The molecule has 6 atom stereocenters. The van der Waals surface area contributed by atoms with Crippen LogP contribution in [0.3, 0.4) is 0 Å². The van der Waals surface area contributed by atoms with Gasteiger partial charge in [0.1, 0.15) is 0 Å². The fourth-order valence-electron chi connectivity index (χ4n) is 5.91. The summed E-state index contributed by atoms with van der Waals surface area (Å²) in [6.07, 6.45) is 7.90. The van der Waals surface area contributed by atoms with Crippen molar-refractivity contribution in [2.75, 3.05) is 46.4 Å². The Morgan fingerprint density at radius 1 is 1.20 bits per heavy atom. The summed E-state index contributed by atoms with van der Waals surface area (Å²) < 4.78 is 5.98. The normalized spacial score (nSPS) is 37.4. The number of likely N-dealkylation sites (tertiary alicyclic amines) is 1. The molecule has 3 heterocycles. The number of halogens is 1. The molecular formula is C21H32IN5O3. The van der Waals surface area contributed by atoms with Crippen molar-refractivity contribution >= 4 is 41.8 Å². The summed E-state index contributed by atoms with van der Waals surface area (Å²) in [4.78, 5) is 33.7. The molecule has 8 nitrogen and oxygen atoms in total. The molecule has 0 radical (unpaired) electrons. The number of carbonyl (C=O) groups is 2. The molecule has 9 heteroatoms. The molecule has 0 aromatic heterocycles. The Labute approximate surface area is 194 Å². The summed E-state index contributed by atoms with van der Waals surface area (Å²) >= 11 is 0. The lowest BCUT2D eigenvalue weighted by Gasteiger charge is -2.35. The number of allylic oxidation sites excluding steroid dienone is 2. The van der Waals surface area contributed by atoms with Crippen molar-refractivity contribution in [3.05, 3.63) is 12.2 Å². The molecule has 3 saturated heterocycles. The number of rotatable bonds is 5. The van der Waals surface area contributed by atoms with Crippen LogP contribution in [0.2, 0.25) is 0 Å². The minimum Gasteiger partial charge on any atom is -0.373 e. The van der Waals surface area contributed by atoms with E-state index >= 15 is 0 Å². The summed E-state index contributed by atoms with van der Waals surface area (Å²) in [5, 5.41) is 6.55. The van der Waals surface area contributed by atoms with Crippen molar-refractivity contribution < 1.29 is 14.3 Å². The Morgan fingerprint density at radius 2 is 1.93 bits per heavy atom. The second kappa shape index (κ2) is 9.12. The first kappa shape index (κ1) is 22.0. The molecule has 3 aliphatic heterocycles. The van der Waals surface area contributed by atoms with Gasteiger partial charge < -0.3 is 15.4 Å². The maximum Gasteiger partial charge on any atom is 0.233 e. The highest BCUT2D eigenvalue weighted by atomic mass is 127. The fourth-order valence-corrected chi connectivity index (χ4v) is 5.91. The second-order valence-corrected chi connectivity index (χ2v) is 8.95. The van der Waals surface area contributed by atoms with Crippen LogP contribution < -0.4 is 10.6 Å². The number of amides is 2. The van der Waals surface area contributed by atoms with Crippen molar-refractivity contribution in [1.82, 2.24) is 20.4 Å². The van der Waals surface area contributed by atoms with Gasteiger partial charge in [0.2, 0.25) is 11.8 Å². The summed E-state index contributed by atoms with van der Waals surface area (Å²) in [6, 6.07) is 0.601. The first-order valence-corrected chi connectivity index (χ1v) is 11.0. The van der Waals surface area contributed by atoms with E-state index in [-0.39, 0.29) is 65.6 Å². The van der Waals surface area contributed by atoms with Crippen LogP contribution in [-0.4, -0.2) is 86.1 Å². The molecule has 1 saturated carbocycles. The molecular weight excluding hydrogens is 497 g/mol. The van der Waals surface area contributed by atoms with E-state index < -0.39 is 0 Å². The number of hydrogen-bond acceptors (Lipinski definition) is 5. The van der Waals surface area contributed by atoms with E-state index in [0.29, 0.717) is 31.6 Å².